The van der Waals surface area contributed by atoms with Gasteiger partial charge in [-0.05, 0) is 56.2 Å². The van der Waals surface area contributed by atoms with E-state index in [0.29, 0.717) is 0 Å². The zero-order valence-corrected chi connectivity index (χ0v) is 14.4. The Labute approximate surface area is 127 Å². The minimum atomic E-state index is 0.786. The average Bonchev–Trinajstić information content (AvgIpc) is 2.37. The zero-order valence-electron chi connectivity index (χ0n) is 14.4. The molecule has 0 bridgehead atoms. The van der Waals surface area contributed by atoms with E-state index in [2.05, 4.69) is 46.8 Å². The van der Waals surface area contributed by atoms with Crippen molar-refractivity contribution in [1.29, 1.82) is 0 Å². The van der Waals surface area contributed by atoms with Crippen LogP contribution in [0.5, 0.6) is 0 Å². The maximum Gasteiger partial charge on any atom is -0.0157 e. The summed E-state index contributed by atoms with van der Waals surface area (Å²) < 4.78 is 0. The van der Waals surface area contributed by atoms with E-state index in [0.717, 1.165) is 5.92 Å². The van der Waals surface area contributed by atoms with E-state index in [-0.39, 0.29) is 0 Å². The van der Waals surface area contributed by atoms with E-state index < -0.39 is 0 Å². The van der Waals surface area contributed by atoms with Crippen molar-refractivity contribution in [1.82, 2.24) is 0 Å². The fourth-order valence-corrected chi connectivity index (χ4v) is 3.55. The van der Waals surface area contributed by atoms with Gasteiger partial charge in [-0.1, -0.05) is 70.1 Å². The maximum atomic E-state index is 2.37. The summed E-state index contributed by atoms with van der Waals surface area (Å²) in [6.45, 7) is 11.4. The summed E-state index contributed by atoms with van der Waals surface area (Å²) in [4.78, 5) is 0. The highest BCUT2D eigenvalue weighted by atomic mass is 14.2. The summed E-state index contributed by atoms with van der Waals surface area (Å²) in [6.07, 6.45) is 11.0. The van der Waals surface area contributed by atoms with Crippen molar-refractivity contribution in [3.63, 3.8) is 0 Å². The van der Waals surface area contributed by atoms with E-state index in [1.807, 2.05) is 0 Å². The number of hydrogen-bond acceptors (Lipinski definition) is 0. The van der Waals surface area contributed by atoms with Gasteiger partial charge in [0.25, 0.3) is 0 Å². The van der Waals surface area contributed by atoms with Crippen LogP contribution in [-0.2, 0) is 0 Å². The largest absolute Gasteiger partial charge is 0.0654 e. The van der Waals surface area contributed by atoms with Gasteiger partial charge in [-0.2, -0.15) is 0 Å². The lowest BCUT2D eigenvalue weighted by Gasteiger charge is -2.22. The molecule has 0 aliphatic carbocycles. The van der Waals surface area contributed by atoms with Crippen LogP contribution in [0.4, 0.5) is 0 Å². The Hall–Kier alpha value is -0.780. The van der Waals surface area contributed by atoms with Crippen molar-refractivity contribution in [3.05, 3.63) is 34.4 Å². The van der Waals surface area contributed by atoms with E-state index in [1.54, 1.807) is 5.56 Å². The SMILES string of the molecule is CCCCCC(CCCCC)c1c(C)cc(C)cc1C. The van der Waals surface area contributed by atoms with Crippen LogP contribution in [0, 0.1) is 20.8 Å². The monoisotopic (exact) mass is 274 g/mol. The van der Waals surface area contributed by atoms with E-state index >= 15 is 0 Å². The molecule has 0 amide bonds. The summed E-state index contributed by atoms with van der Waals surface area (Å²) in [6, 6.07) is 4.74. The third kappa shape index (κ3) is 5.31. The van der Waals surface area contributed by atoms with Gasteiger partial charge in [-0.25, -0.2) is 0 Å². The number of benzene rings is 1. The van der Waals surface area contributed by atoms with Gasteiger partial charge in [0.15, 0.2) is 0 Å². The molecule has 0 aromatic heterocycles. The van der Waals surface area contributed by atoms with Crippen LogP contribution in [0.25, 0.3) is 0 Å². The minimum absolute atomic E-state index is 0.786. The molecular weight excluding hydrogens is 240 g/mol. The van der Waals surface area contributed by atoms with Gasteiger partial charge < -0.3 is 0 Å². The van der Waals surface area contributed by atoms with Crippen molar-refractivity contribution in [2.24, 2.45) is 0 Å². The fraction of sp³-hybridized carbons (Fsp3) is 0.700. The van der Waals surface area contributed by atoms with Crippen molar-refractivity contribution >= 4 is 0 Å². The van der Waals surface area contributed by atoms with Crippen molar-refractivity contribution in [2.75, 3.05) is 0 Å². The Morgan fingerprint density at radius 1 is 0.750 bits per heavy atom. The van der Waals surface area contributed by atoms with Crippen LogP contribution >= 0.6 is 0 Å². The summed E-state index contributed by atoms with van der Waals surface area (Å²) in [5.74, 6) is 0.786. The average molecular weight is 274 g/mol. The van der Waals surface area contributed by atoms with Crippen LogP contribution in [-0.4, -0.2) is 0 Å². The molecule has 0 heteroatoms. The van der Waals surface area contributed by atoms with Crippen LogP contribution in [0.2, 0.25) is 0 Å². The van der Waals surface area contributed by atoms with Crippen molar-refractivity contribution in [2.45, 2.75) is 91.9 Å². The topological polar surface area (TPSA) is 0 Å². The standard InChI is InChI=1S/C20H34/c1-6-8-10-12-19(13-11-9-7-2)20-17(4)14-16(3)15-18(20)5/h14-15,19H,6-13H2,1-5H3. The molecule has 0 saturated carbocycles. The normalized spacial score (nSPS) is 11.3. The molecule has 0 nitrogen and oxygen atoms in total. The van der Waals surface area contributed by atoms with Crippen molar-refractivity contribution < 1.29 is 0 Å². The molecule has 0 radical (unpaired) electrons. The highest BCUT2D eigenvalue weighted by Gasteiger charge is 2.16. The number of aryl methyl sites for hydroxylation is 3. The highest BCUT2D eigenvalue weighted by molar-refractivity contribution is 5.39. The second kappa shape index (κ2) is 9.21. The lowest BCUT2D eigenvalue weighted by atomic mass is 9.83. The second-order valence-corrected chi connectivity index (χ2v) is 6.50. The Kier molecular flexibility index (Phi) is 7.95. The molecule has 0 aliphatic rings. The maximum absolute atomic E-state index is 2.37. The molecule has 114 valence electrons. The summed E-state index contributed by atoms with van der Waals surface area (Å²) in [7, 11) is 0. The second-order valence-electron chi connectivity index (χ2n) is 6.50. The summed E-state index contributed by atoms with van der Waals surface area (Å²) >= 11 is 0. The van der Waals surface area contributed by atoms with E-state index in [1.165, 1.54) is 68.1 Å². The first-order valence-electron chi connectivity index (χ1n) is 8.67. The molecule has 0 unspecified atom stereocenters. The van der Waals surface area contributed by atoms with Crippen LogP contribution < -0.4 is 0 Å². The first-order chi connectivity index (χ1) is 9.60. The zero-order chi connectivity index (χ0) is 15.0. The third-order valence-corrected chi connectivity index (χ3v) is 4.46. The van der Waals surface area contributed by atoms with Crippen LogP contribution in [0.1, 0.15) is 93.4 Å². The molecule has 0 saturated heterocycles. The van der Waals surface area contributed by atoms with Gasteiger partial charge in [-0.15, -0.1) is 0 Å². The lowest BCUT2D eigenvalue weighted by Crippen LogP contribution is -2.05. The molecule has 1 aromatic carbocycles. The number of hydrogen-bond donors (Lipinski definition) is 0. The van der Waals surface area contributed by atoms with E-state index in [9.17, 15) is 0 Å². The predicted octanol–water partition coefficient (Wildman–Crippen LogP) is 6.86. The molecule has 0 N–H and O–H groups in total. The summed E-state index contributed by atoms with van der Waals surface area (Å²) in [5, 5.41) is 0. The smallest absolute Gasteiger partial charge is 0.0157 e. The molecule has 0 heterocycles. The molecule has 0 fully saturated rings. The first-order valence-corrected chi connectivity index (χ1v) is 8.67. The van der Waals surface area contributed by atoms with E-state index in [4.69, 9.17) is 0 Å². The quantitative estimate of drug-likeness (QED) is 0.432. The van der Waals surface area contributed by atoms with Gasteiger partial charge in [0.2, 0.25) is 0 Å². The van der Waals surface area contributed by atoms with Gasteiger partial charge >= 0.3 is 0 Å². The number of unbranched alkanes of at least 4 members (excludes halogenated alkanes) is 4. The van der Waals surface area contributed by atoms with Gasteiger partial charge in [0.05, 0.1) is 0 Å². The molecule has 0 atom stereocenters. The molecule has 20 heavy (non-hydrogen) atoms. The molecule has 0 spiro atoms. The molecule has 0 aliphatic heterocycles. The molecular formula is C20H34. The molecule has 1 rings (SSSR count). The highest BCUT2D eigenvalue weighted by Crippen LogP contribution is 2.33. The van der Waals surface area contributed by atoms with Crippen molar-refractivity contribution in [3.8, 4) is 0 Å². The van der Waals surface area contributed by atoms with Crippen LogP contribution in [0.15, 0.2) is 12.1 Å². The Bertz CT molecular complexity index is 356. The lowest BCUT2D eigenvalue weighted by molar-refractivity contribution is 0.503. The van der Waals surface area contributed by atoms with Gasteiger partial charge in [-0.3, -0.25) is 0 Å². The Morgan fingerprint density at radius 3 is 1.60 bits per heavy atom. The van der Waals surface area contributed by atoms with Crippen LogP contribution in [0.3, 0.4) is 0 Å². The third-order valence-electron chi connectivity index (χ3n) is 4.46. The van der Waals surface area contributed by atoms with Gasteiger partial charge in [0, 0.05) is 0 Å². The number of rotatable bonds is 9. The summed E-state index contributed by atoms with van der Waals surface area (Å²) in [5.41, 5.74) is 6.09. The predicted molar refractivity (Wildman–Crippen MR) is 91.7 cm³/mol. The minimum Gasteiger partial charge on any atom is -0.0654 e. The Balaban J connectivity index is 2.84. The Morgan fingerprint density at radius 2 is 1.20 bits per heavy atom. The fourth-order valence-electron chi connectivity index (χ4n) is 3.55. The molecule has 1 aromatic rings. The van der Waals surface area contributed by atoms with Gasteiger partial charge in [0.1, 0.15) is 0 Å². The first kappa shape index (κ1) is 17.3.